The number of nitrogens with zero attached hydrogens (tertiary/aromatic N) is 3. The van der Waals surface area contributed by atoms with Crippen LogP contribution in [0.4, 0.5) is 0 Å². The Kier molecular flexibility index (Phi) is 5.88. The van der Waals surface area contributed by atoms with Crippen LogP contribution < -0.4 is 5.43 Å². The molecule has 29 heavy (non-hydrogen) atoms. The molecule has 2 aromatic heterocycles. The highest BCUT2D eigenvalue weighted by Gasteiger charge is 2.10. The van der Waals surface area contributed by atoms with Gasteiger partial charge in [0.15, 0.2) is 0 Å². The fourth-order valence-corrected chi connectivity index (χ4v) is 4.47. The van der Waals surface area contributed by atoms with Gasteiger partial charge in [-0.3, -0.25) is 4.79 Å². The third kappa shape index (κ3) is 4.82. The van der Waals surface area contributed by atoms with Gasteiger partial charge in [-0.15, -0.1) is 22.7 Å². The molecule has 0 aliphatic rings. The van der Waals surface area contributed by atoms with E-state index >= 15 is 0 Å². The molecule has 0 spiro atoms. The van der Waals surface area contributed by atoms with E-state index in [0.717, 1.165) is 37.4 Å². The van der Waals surface area contributed by atoms with E-state index in [1.807, 2.05) is 73.0 Å². The molecular weight excluding hydrogens is 400 g/mol. The summed E-state index contributed by atoms with van der Waals surface area (Å²) in [5, 5.41) is 7.84. The van der Waals surface area contributed by atoms with Crippen LogP contribution in [0.1, 0.15) is 16.3 Å². The second-order valence-electron chi connectivity index (χ2n) is 6.31. The number of hydrazone groups is 1. The largest absolute Gasteiger partial charge is 0.273 e. The number of aryl methyl sites for hydroxylation is 1. The van der Waals surface area contributed by atoms with Crippen LogP contribution in [0, 0.1) is 6.92 Å². The maximum Gasteiger partial charge on any atom is 0.246 e. The molecule has 0 saturated carbocycles. The molecule has 7 heteroatoms. The molecule has 0 aliphatic heterocycles. The molecule has 0 unspecified atom stereocenters. The minimum Gasteiger partial charge on any atom is -0.273 e. The summed E-state index contributed by atoms with van der Waals surface area (Å²) >= 11 is 3.08. The van der Waals surface area contributed by atoms with Gasteiger partial charge in [-0.2, -0.15) is 5.10 Å². The summed E-state index contributed by atoms with van der Waals surface area (Å²) in [4.78, 5) is 22.2. The van der Waals surface area contributed by atoms with Crippen LogP contribution in [0.2, 0.25) is 0 Å². The van der Waals surface area contributed by atoms with Crippen molar-refractivity contribution in [3.63, 3.8) is 0 Å². The van der Waals surface area contributed by atoms with Gasteiger partial charge in [0.1, 0.15) is 10.0 Å². The SMILES string of the molecule is Cc1nc(-c2ccccc2)sc1/C=N\NC(=O)Cc1csc(-c2ccccc2)n1. The highest BCUT2D eigenvalue weighted by Crippen LogP contribution is 2.26. The Morgan fingerprint density at radius 2 is 1.66 bits per heavy atom. The Morgan fingerprint density at radius 1 is 1.00 bits per heavy atom. The maximum absolute atomic E-state index is 12.2. The summed E-state index contributed by atoms with van der Waals surface area (Å²) in [5.41, 5.74) is 6.33. The van der Waals surface area contributed by atoms with E-state index in [0.29, 0.717) is 0 Å². The van der Waals surface area contributed by atoms with Crippen LogP contribution in [0.15, 0.2) is 71.1 Å². The molecule has 0 radical (unpaired) electrons. The molecule has 0 saturated heterocycles. The van der Waals surface area contributed by atoms with Gasteiger partial charge in [0.05, 0.1) is 28.9 Å². The Balaban J connectivity index is 1.36. The van der Waals surface area contributed by atoms with E-state index in [9.17, 15) is 4.79 Å². The van der Waals surface area contributed by atoms with Gasteiger partial charge in [-0.25, -0.2) is 15.4 Å². The van der Waals surface area contributed by atoms with Crippen molar-refractivity contribution in [3.8, 4) is 21.1 Å². The van der Waals surface area contributed by atoms with Crippen molar-refractivity contribution >= 4 is 34.8 Å². The maximum atomic E-state index is 12.2. The summed E-state index contributed by atoms with van der Waals surface area (Å²) < 4.78 is 0. The lowest BCUT2D eigenvalue weighted by Gasteiger charge is -1.97. The minimum absolute atomic E-state index is 0.192. The molecule has 5 nitrogen and oxygen atoms in total. The van der Waals surface area contributed by atoms with Crippen molar-refractivity contribution in [2.24, 2.45) is 5.10 Å². The quantitative estimate of drug-likeness (QED) is 0.356. The Bertz CT molecular complexity index is 1130. The normalized spacial score (nSPS) is 11.1. The summed E-state index contributed by atoms with van der Waals surface area (Å²) in [6, 6.07) is 19.9. The van der Waals surface area contributed by atoms with Gasteiger partial charge in [0.25, 0.3) is 0 Å². The number of benzene rings is 2. The Morgan fingerprint density at radius 3 is 2.34 bits per heavy atom. The first kappa shape index (κ1) is 19.2. The fourth-order valence-electron chi connectivity index (χ4n) is 2.70. The number of hydrogen-bond donors (Lipinski definition) is 1. The molecule has 2 heterocycles. The highest BCUT2D eigenvalue weighted by atomic mass is 32.1. The first-order valence-corrected chi connectivity index (χ1v) is 10.7. The zero-order valence-electron chi connectivity index (χ0n) is 15.7. The smallest absolute Gasteiger partial charge is 0.246 e. The van der Waals surface area contributed by atoms with Crippen LogP contribution in [0.3, 0.4) is 0 Å². The third-order valence-corrected chi connectivity index (χ3v) is 6.22. The monoisotopic (exact) mass is 418 g/mol. The number of nitrogens with one attached hydrogen (secondary N) is 1. The fraction of sp³-hybridized carbons (Fsp3) is 0.0909. The van der Waals surface area contributed by atoms with Gasteiger partial charge >= 0.3 is 0 Å². The molecular formula is C22H18N4OS2. The van der Waals surface area contributed by atoms with E-state index < -0.39 is 0 Å². The zero-order valence-corrected chi connectivity index (χ0v) is 17.3. The lowest BCUT2D eigenvalue weighted by molar-refractivity contribution is -0.120. The van der Waals surface area contributed by atoms with Crippen molar-refractivity contribution in [3.05, 3.63) is 82.3 Å². The van der Waals surface area contributed by atoms with Crippen LogP contribution in [0.5, 0.6) is 0 Å². The molecule has 1 N–H and O–H groups in total. The van der Waals surface area contributed by atoms with Gasteiger partial charge in [-0.1, -0.05) is 60.7 Å². The molecule has 0 fully saturated rings. The number of thiazole rings is 2. The predicted octanol–water partition coefficient (Wildman–Crippen LogP) is 4.93. The summed E-state index contributed by atoms with van der Waals surface area (Å²) in [6.45, 7) is 1.94. The summed E-state index contributed by atoms with van der Waals surface area (Å²) in [5.74, 6) is -0.198. The molecule has 0 aliphatic carbocycles. The first-order valence-electron chi connectivity index (χ1n) is 9.03. The van der Waals surface area contributed by atoms with Crippen molar-refractivity contribution in [1.82, 2.24) is 15.4 Å². The van der Waals surface area contributed by atoms with Crippen LogP contribution >= 0.6 is 22.7 Å². The summed E-state index contributed by atoms with van der Waals surface area (Å²) in [6.07, 6.45) is 1.84. The molecule has 1 amide bonds. The molecule has 4 aromatic rings. The van der Waals surface area contributed by atoms with Gasteiger partial charge < -0.3 is 0 Å². The predicted molar refractivity (Wildman–Crippen MR) is 119 cm³/mol. The number of hydrogen-bond acceptors (Lipinski definition) is 6. The van der Waals surface area contributed by atoms with Crippen LogP contribution in [-0.4, -0.2) is 22.1 Å². The lowest BCUT2D eigenvalue weighted by Crippen LogP contribution is -2.19. The number of rotatable bonds is 6. The van der Waals surface area contributed by atoms with E-state index in [2.05, 4.69) is 20.5 Å². The van der Waals surface area contributed by atoms with Crippen molar-refractivity contribution in [1.29, 1.82) is 0 Å². The number of carbonyl (C=O) groups is 1. The standard InChI is InChI=1S/C22H18N4OS2/c1-15-19(29-22(24-15)17-10-6-3-7-11-17)13-23-26-20(27)12-18-14-28-21(25-18)16-8-4-2-5-9-16/h2-11,13-14H,12H2,1H3,(H,26,27)/b23-13-. The number of carbonyl (C=O) groups excluding carboxylic acids is 1. The Labute approximate surface area is 176 Å². The second kappa shape index (κ2) is 8.89. The van der Waals surface area contributed by atoms with E-state index in [4.69, 9.17) is 0 Å². The van der Waals surface area contributed by atoms with Crippen LogP contribution in [-0.2, 0) is 11.2 Å². The van der Waals surface area contributed by atoms with Crippen molar-refractivity contribution in [2.45, 2.75) is 13.3 Å². The van der Waals surface area contributed by atoms with Gasteiger partial charge in [0.2, 0.25) is 5.91 Å². The van der Waals surface area contributed by atoms with Gasteiger partial charge in [-0.05, 0) is 6.92 Å². The minimum atomic E-state index is -0.198. The topological polar surface area (TPSA) is 67.2 Å². The molecule has 4 rings (SSSR count). The molecule has 0 atom stereocenters. The number of amides is 1. The third-order valence-electron chi connectivity index (χ3n) is 4.14. The highest BCUT2D eigenvalue weighted by molar-refractivity contribution is 7.16. The number of aromatic nitrogens is 2. The van der Waals surface area contributed by atoms with Crippen LogP contribution in [0.25, 0.3) is 21.1 Å². The molecule has 2 aromatic carbocycles. The van der Waals surface area contributed by atoms with Gasteiger partial charge in [0, 0.05) is 16.5 Å². The average molecular weight is 419 g/mol. The molecule has 0 bridgehead atoms. The van der Waals surface area contributed by atoms with E-state index in [1.165, 1.54) is 11.3 Å². The lowest BCUT2D eigenvalue weighted by atomic mass is 10.2. The van der Waals surface area contributed by atoms with Crippen molar-refractivity contribution in [2.75, 3.05) is 0 Å². The zero-order chi connectivity index (χ0) is 20.1. The van der Waals surface area contributed by atoms with Crippen molar-refractivity contribution < 1.29 is 4.79 Å². The van der Waals surface area contributed by atoms with E-state index in [-0.39, 0.29) is 12.3 Å². The first-order chi connectivity index (χ1) is 14.2. The van der Waals surface area contributed by atoms with E-state index in [1.54, 1.807) is 17.6 Å². The molecule has 144 valence electrons. The average Bonchev–Trinajstić information content (AvgIpc) is 3.36. The summed E-state index contributed by atoms with van der Waals surface area (Å²) in [7, 11) is 0. The second-order valence-corrected chi connectivity index (χ2v) is 8.20. The Hall–Kier alpha value is -3.16.